The molecule has 160 valence electrons. The number of aryl methyl sites for hydroxylation is 2. The number of aromatic nitrogens is 2. The molecular formula is C18H18F3N5O3S. The number of carbonyl (C=O) groups excluding carboxylic acids is 1. The first-order valence-corrected chi connectivity index (χ1v) is 10.2. The number of nitrogens with zero attached hydrogens (tertiary/aromatic N) is 4. The van der Waals surface area contributed by atoms with E-state index in [9.17, 15) is 26.4 Å². The first-order chi connectivity index (χ1) is 13.9. The number of nitrogens with one attached hydrogen (secondary N) is 1. The van der Waals surface area contributed by atoms with Gasteiger partial charge in [0.05, 0.1) is 22.7 Å². The highest BCUT2D eigenvalue weighted by atomic mass is 32.2. The molecule has 3 rings (SSSR count). The standard InChI is InChI=1S/C18H18F3N5O3S/c1-4-26-10-12(11(2)23-26)15-9-16(25(3)30(28,29)24-15)17(27)22-14-8-6-5-7-13(14)18(19,20)21/h5-10H,4H2,1-3H3,(H,22,27). The van der Waals surface area contributed by atoms with Crippen LogP contribution in [0.4, 0.5) is 18.9 Å². The van der Waals surface area contributed by atoms with Crippen molar-refractivity contribution in [1.82, 2.24) is 14.1 Å². The lowest BCUT2D eigenvalue weighted by Crippen LogP contribution is -2.36. The quantitative estimate of drug-likeness (QED) is 0.789. The number of benzene rings is 1. The highest BCUT2D eigenvalue weighted by Gasteiger charge is 2.35. The van der Waals surface area contributed by atoms with Gasteiger partial charge in [-0.3, -0.25) is 9.48 Å². The minimum Gasteiger partial charge on any atom is -0.320 e. The van der Waals surface area contributed by atoms with Crippen LogP contribution in [0.15, 0.2) is 46.6 Å². The Morgan fingerprint density at radius 1 is 1.23 bits per heavy atom. The van der Waals surface area contributed by atoms with E-state index in [1.807, 2.05) is 6.92 Å². The number of hydrogen-bond donors (Lipinski definition) is 1. The summed E-state index contributed by atoms with van der Waals surface area (Å²) in [5.41, 5.74) is -1.04. The van der Waals surface area contributed by atoms with Crippen molar-refractivity contribution in [3.8, 4) is 0 Å². The van der Waals surface area contributed by atoms with E-state index in [1.54, 1.807) is 17.8 Å². The third-order valence-corrected chi connectivity index (χ3v) is 5.75. The van der Waals surface area contributed by atoms with Crippen molar-refractivity contribution < 1.29 is 26.4 Å². The van der Waals surface area contributed by atoms with Crippen molar-refractivity contribution in [1.29, 1.82) is 0 Å². The number of para-hydroxylation sites is 1. The maximum Gasteiger partial charge on any atom is 0.418 e. The SMILES string of the molecule is CCn1cc(C2=NS(=O)(=O)N(C)C(C(=O)Nc3ccccc3C(F)(F)F)=C2)c(C)n1. The minimum atomic E-state index is -4.69. The third kappa shape index (κ3) is 4.08. The van der Waals surface area contributed by atoms with Crippen molar-refractivity contribution in [3.05, 3.63) is 59.1 Å². The fraction of sp³-hybridized carbons (Fsp3) is 0.278. The monoisotopic (exact) mass is 441 g/mol. The van der Waals surface area contributed by atoms with E-state index in [0.717, 1.165) is 19.2 Å². The fourth-order valence-electron chi connectivity index (χ4n) is 2.85. The highest BCUT2D eigenvalue weighted by molar-refractivity contribution is 7.88. The summed E-state index contributed by atoms with van der Waals surface area (Å²) in [6, 6.07) is 4.42. The van der Waals surface area contributed by atoms with Gasteiger partial charge in [-0.1, -0.05) is 12.1 Å². The molecule has 30 heavy (non-hydrogen) atoms. The van der Waals surface area contributed by atoms with Crippen LogP contribution < -0.4 is 5.32 Å². The molecule has 1 amide bonds. The zero-order valence-corrected chi connectivity index (χ0v) is 17.0. The molecule has 0 fully saturated rings. The average molecular weight is 441 g/mol. The lowest BCUT2D eigenvalue weighted by molar-refractivity contribution is -0.137. The summed E-state index contributed by atoms with van der Waals surface area (Å²) >= 11 is 0. The molecule has 0 saturated carbocycles. The lowest BCUT2D eigenvalue weighted by Gasteiger charge is -2.24. The van der Waals surface area contributed by atoms with Crippen LogP contribution in [0.5, 0.6) is 0 Å². The van der Waals surface area contributed by atoms with Crippen molar-refractivity contribution in [2.75, 3.05) is 12.4 Å². The van der Waals surface area contributed by atoms with E-state index in [1.165, 1.54) is 18.2 Å². The van der Waals surface area contributed by atoms with Gasteiger partial charge in [-0.05, 0) is 32.1 Å². The van der Waals surface area contributed by atoms with Crippen molar-refractivity contribution >= 4 is 27.5 Å². The molecule has 0 unspecified atom stereocenters. The second-order valence-corrected chi connectivity index (χ2v) is 8.06. The molecule has 1 aliphatic rings. The number of alkyl halides is 3. The van der Waals surface area contributed by atoms with Crippen molar-refractivity contribution in [2.24, 2.45) is 4.40 Å². The topological polar surface area (TPSA) is 96.7 Å². The smallest absolute Gasteiger partial charge is 0.320 e. The van der Waals surface area contributed by atoms with Gasteiger partial charge in [0.15, 0.2) is 0 Å². The minimum absolute atomic E-state index is 0.0282. The molecule has 0 bridgehead atoms. The van der Waals surface area contributed by atoms with Crippen molar-refractivity contribution in [3.63, 3.8) is 0 Å². The maximum absolute atomic E-state index is 13.2. The van der Waals surface area contributed by atoms with Gasteiger partial charge in [0, 0.05) is 25.4 Å². The number of amides is 1. The van der Waals surface area contributed by atoms with Crippen molar-refractivity contribution in [2.45, 2.75) is 26.6 Å². The van der Waals surface area contributed by atoms with Gasteiger partial charge in [-0.15, -0.1) is 4.40 Å². The van der Waals surface area contributed by atoms with Crippen LogP contribution in [-0.2, 0) is 27.7 Å². The Hall–Kier alpha value is -3.15. The van der Waals surface area contributed by atoms with E-state index < -0.39 is 33.5 Å². The first-order valence-electron chi connectivity index (χ1n) is 8.76. The average Bonchev–Trinajstić information content (AvgIpc) is 3.04. The number of rotatable bonds is 4. The number of carbonyl (C=O) groups is 1. The number of anilines is 1. The van der Waals surface area contributed by atoms with Crippen LogP contribution in [0, 0.1) is 6.92 Å². The van der Waals surface area contributed by atoms with Crippen LogP contribution in [0.2, 0.25) is 0 Å². The molecule has 8 nitrogen and oxygen atoms in total. The maximum atomic E-state index is 13.2. The molecule has 0 saturated heterocycles. The van der Waals surface area contributed by atoms with Gasteiger partial charge in [-0.2, -0.15) is 26.7 Å². The number of hydrogen-bond acceptors (Lipinski definition) is 4. The zero-order chi connectivity index (χ0) is 22.3. The summed E-state index contributed by atoms with van der Waals surface area (Å²) in [6.07, 6.45) is -1.90. The number of likely N-dealkylation sites (N-methyl/N-ethyl adjacent to an activating group) is 1. The van der Waals surface area contributed by atoms with E-state index in [2.05, 4.69) is 14.8 Å². The third-order valence-electron chi connectivity index (χ3n) is 4.43. The predicted octanol–water partition coefficient (Wildman–Crippen LogP) is 2.73. The largest absolute Gasteiger partial charge is 0.418 e. The molecule has 1 aromatic heterocycles. The summed E-state index contributed by atoms with van der Waals surface area (Å²) in [7, 11) is -3.17. The van der Waals surface area contributed by atoms with E-state index in [4.69, 9.17) is 0 Å². The predicted molar refractivity (Wildman–Crippen MR) is 104 cm³/mol. The lowest BCUT2D eigenvalue weighted by atomic mass is 10.1. The molecule has 2 heterocycles. The molecule has 0 radical (unpaired) electrons. The molecule has 0 spiro atoms. The molecule has 2 aromatic rings. The molecule has 0 atom stereocenters. The Kier molecular flexibility index (Phi) is 5.46. The molecule has 1 aromatic carbocycles. The fourth-order valence-corrected chi connectivity index (χ4v) is 3.76. The van der Waals surface area contributed by atoms with Crippen LogP contribution in [0.1, 0.15) is 23.7 Å². The van der Waals surface area contributed by atoms with Gasteiger partial charge < -0.3 is 5.32 Å². The Labute approximate surface area is 170 Å². The number of halogens is 3. The van der Waals surface area contributed by atoms with Gasteiger partial charge in [0.1, 0.15) is 5.70 Å². The van der Waals surface area contributed by atoms with Gasteiger partial charge >= 0.3 is 16.4 Å². The van der Waals surface area contributed by atoms with Crippen LogP contribution in [0.3, 0.4) is 0 Å². The summed E-state index contributed by atoms with van der Waals surface area (Å²) in [5.74, 6) is -1.02. The Morgan fingerprint density at radius 3 is 2.50 bits per heavy atom. The summed E-state index contributed by atoms with van der Waals surface area (Å²) < 4.78 is 70.4. The van der Waals surface area contributed by atoms with E-state index in [-0.39, 0.29) is 11.4 Å². The van der Waals surface area contributed by atoms with E-state index >= 15 is 0 Å². The van der Waals surface area contributed by atoms with Crippen LogP contribution >= 0.6 is 0 Å². The van der Waals surface area contributed by atoms with Crippen LogP contribution in [0.25, 0.3) is 0 Å². The zero-order valence-electron chi connectivity index (χ0n) is 16.2. The molecular weight excluding hydrogens is 423 g/mol. The Morgan fingerprint density at radius 2 is 1.90 bits per heavy atom. The summed E-state index contributed by atoms with van der Waals surface area (Å²) in [6.45, 7) is 4.03. The summed E-state index contributed by atoms with van der Waals surface area (Å²) in [4.78, 5) is 12.7. The second kappa shape index (κ2) is 7.59. The molecule has 12 heteroatoms. The first kappa shape index (κ1) is 21.6. The number of allylic oxidation sites excluding steroid dienone is 1. The summed E-state index contributed by atoms with van der Waals surface area (Å²) in [5, 5.41) is 6.37. The Bertz CT molecular complexity index is 1170. The van der Waals surface area contributed by atoms with E-state index in [0.29, 0.717) is 22.1 Å². The Balaban J connectivity index is 2.02. The van der Waals surface area contributed by atoms with Gasteiger partial charge in [0.25, 0.3) is 5.91 Å². The highest BCUT2D eigenvalue weighted by Crippen LogP contribution is 2.35. The molecule has 1 N–H and O–H groups in total. The van der Waals surface area contributed by atoms with Gasteiger partial charge in [-0.25, -0.2) is 4.31 Å². The second-order valence-electron chi connectivity index (χ2n) is 6.43. The normalized spacial score (nSPS) is 16.1. The molecule has 0 aliphatic carbocycles. The molecule has 1 aliphatic heterocycles. The van der Waals surface area contributed by atoms with Gasteiger partial charge in [0.2, 0.25) is 0 Å². The van der Waals surface area contributed by atoms with Crippen LogP contribution in [-0.4, -0.2) is 41.2 Å².